The molecule has 0 unspecified atom stereocenters. The Morgan fingerprint density at radius 1 is 0.585 bits per heavy atom. The van der Waals surface area contributed by atoms with Crippen molar-refractivity contribution in [2.24, 2.45) is 0 Å². The molecule has 0 saturated heterocycles. The largest absolute Gasteiger partial charge is 0.407 e. The van der Waals surface area contributed by atoms with E-state index in [2.05, 4.69) is 126 Å². The van der Waals surface area contributed by atoms with Crippen molar-refractivity contribution in [3.05, 3.63) is 69.8 Å². The van der Waals surface area contributed by atoms with Crippen molar-refractivity contribution in [1.29, 1.82) is 0 Å². The average Bonchev–Trinajstić information content (AvgIpc) is 2.82. The minimum atomic E-state index is -3.62. The Morgan fingerprint density at radius 3 is 1.34 bits per heavy atom. The van der Waals surface area contributed by atoms with Crippen LogP contribution in [0.3, 0.4) is 0 Å². The molecule has 0 radical (unpaired) electrons. The third kappa shape index (κ3) is 10.5. The molecule has 0 aliphatic rings. The van der Waals surface area contributed by atoms with Gasteiger partial charge in [-0.05, 0) is 67.9 Å². The summed E-state index contributed by atoms with van der Waals surface area (Å²) >= 11 is 0. The smallest absolute Gasteiger partial charge is 0.193 e. The number of benzene rings is 2. The van der Waals surface area contributed by atoms with Gasteiger partial charge in [-0.25, -0.2) is 0 Å². The molecule has 0 fully saturated rings. The Bertz CT molecular complexity index is 1050. The molecule has 0 spiro atoms. The predicted octanol–water partition coefficient (Wildman–Crippen LogP) is 11.1. The molecule has 2 rings (SSSR count). The van der Waals surface area contributed by atoms with Crippen LogP contribution < -0.4 is 0 Å². The molecule has 0 aromatic heterocycles. The maximum atomic E-state index is 11.4. The summed E-state index contributed by atoms with van der Waals surface area (Å²) in [5, 5.41) is 0. The third-order valence-electron chi connectivity index (χ3n) is 8.10. The summed E-state index contributed by atoms with van der Waals surface area (Å²) in [6, 6.07) is 13.4. The van der Waals surface area contributed by atoms with Crippen molar-refractivity contribution < 1.29 is 14.3 Å². The maximum Gasteiger partial charge on any atom is 0.407 e. The van der Waals surface area contributed by atoms with Crippen LogP contribution in [0.25, 0.3) is 0 Å². The van der Waals surface area contributed by atoms with Gasteiger partial charge in [-0.3, -0.25) is 0 Å². The molecule has 0 atom stereocenters. The molecular weight excluding hydrogens is 523 g/mol. The van der Waals surface area contributed by atoms with Gasteiger partial charge in [-0.1, -0.05) is 152 Å². The van der Waals surface area contributed by atoms with Gasteiger partial charge in [0.2, 0.25) is 0 Å². The van der Waals surface area contributed by atoms with E-state index in [-0.39, 0.29) is 21.7 Å². The van der Waals surface area contributed by atoms with E-state index >= 15 is 0 Å². The molecule has 0 heterocycles. The molecule has 2 aromatic rings. The van der Waals surface area contributed by atoms with Crippen LogP contribution in [0.4, 0.5) is 0 Å². The van der Waals surface area contributed by atoms with E-state index in [4.69, 9.17) is 4.52 Å². The van der Waals surface area contributed by atoms with Gasteiger partial charge in [-0.15, -0.1) is 0 Å². The van der Waals surface area contributed by atoms with Crippen LogP contribution >= 0.6 is 7.94 Å². The lowest BCUT2D eigenvalue weighted by molar-refractivity contribution is 0.178. The summed E-state index contributed by atoms with van der Waals surface area (Å²) in [7, 11) is -3.62. The first-order valence-electron chi connectivity index (χ1n) is 15.9. The third-order valence-corrected chi connectivity index (χ3v) is 9.54. The van der Waals surface area contributed by atoms with E-state index in [0.29, 0.717) is 6.16 Å². The number of hydrogen-bond donors (Lipinski definition) is 2. The highest BCUT2D eigenvalue weighted by atomic mass is 31.2. The summed E-state index contributed by atoms with van der Waals surface area (Å²) in [6.07, 6.45) is 6.25. The van der Waals surface area contributed by atoms with E-state index < -0.39 is 14.0 Å². The standard InChI is InChI=1S/C37H62O3P/c1-14-15-16-17-18-19-24-41(38,39)40-33(29-22-20-27(34(2,3)4)25-31(29)36(8,9)10)30-23-21-28(35(5,6)7)26-32(30)37(11,12)13/h20-23,25-26,33,38-39H,14-19,24H2,1-13H3/q+1. The van der Waals surface area contributed by atoms with Crippen LogP contribution in [0, 0.1) is 0 Å². The highest BCUT2D eigenvalue weighted by Crippen LogP contribution is 2.58. The number of unbranched alkanes of at least 4 members (excludes halogenated alkanes) is 5. The molecule has 3 nitrogen and oxygen atoms in total. The number of hydrogen-bond acceptors (Lipinski definition) is 3. The van der Waals surface area contributed by atoms with Crippen molar-refractivity contribution in [2.45, 2.75) is 156 Å². The molecule has 41 heavy (non-hydrogen) atoms. The van der Waals surface area contributed by atoms with Gasteiger partial charge < -0.3 is 0 Å². The predicted molar refractivity (Wildman–Crippen MR) is 180 cm³/mol. The van der Waals surface area contributed by atoms with Gasteiger partial charge in [0.25, 0.3) is 0 Å². The first-order chi connectivity index (χ1) is 18.6. The molecule has 232 valence electrons. The fourth-order valence-electron chi connectivity index (χ4n) is 5.40. The summed E-state index contributed by atoms with van der Waals surface area (Å²) in [6.45, 7) is 29.1. The van der Waals surface area contributed by atoms with Crippen LogP contribution in [0.1, 0.15) is 168 Å². The summed E-state index contributed by atoms with van der Waals surface area (Å²) in [5.74, 6) is 0. The zero-order valence-electron chi connectivity index (χ0n) is 28.7. The van der Waals surface area contributed by atoms with Gasteiger partial charge in [0.1, 0.15) is 6.16 Å². The van der Waals surface area contributed by atoms with E-state index in [1.807, 2.05) is 0 Å². The topological polar surface area (TPSA) is 49.7 Å². The molecule has 4 heteroatoms. The van der Waals surface area contributed by atoms with Crippen LogP contribution in [-0.2, 0) is 26.2 Å². The van der Waals surface area contributed by atoms with E-state index in [1.54, 1.807) is 0 Å². The monoisotopic (exact) mass is 585 g/mol. The molecule has 0 aliphatic carbocycles. The van der Waals surface area contributed by atoms with Gasteiger partial charge in [-0.2, -0.15) is 14.3 Å². The highest BCUT2D eigenvalue weighted by Gasteiger charge is 2.42. The second-order valence-electron chi connectivity index (χ2n) is 16.2. The Morgan fingerprint density at radius 2 is 0.976 bits per heavy atom. The lowest BCUT2D eigenvalue weighted by Crippen LogP contribution is -2.24. The van der Waals surface area contributed by atoms with Crippen LogP contribution in [0.5, 0.6) is 0 Å². The van der Waals surface area contributed by atoms with Crippen molar-refractivity contribution in [2.75, 3.05) is 6.16 Å². The second kappa shape index (κ2) is 13.6. The fraction of sp³-hybridized carbons (Fsp3) is 0.676. The first-order valence-corrected chi connectivity index (χ1v) is 17.7. The van der Waals surface area contributed by atoms with Gasteiger partial charge >= 0.3 is 7.94 Å². The molecule has 0 amide bonds. The highest BCUT2D eigenvalue weighted by molar-refractivity contribution is 7.59. The Hall–Kier alpha value is -1.25. The van der Waals surface area contributed by atoms with Crippen LogP contribution in [-0.4, -0.2) is 15.9 Å². The fourth-order valence-corrected chi connectivity index (χ4v) is 6.71. The Balaban J connectivity index is 2.73. The summed E-state index contributed by atoms with van der Waals surface area (Å²) in [4.78, 5) is 22.8. The quantitative estimate of drug-likeness (QED) is 0.204. The van der Waals surface area contributed by atoms with Gasteiger partial charge in [0.15, 0.2) is 6.10 Å². The zero-order valence-corrected chi connectivity index (χ0v) is 29.6. The van der Waals surface area contributed by atoms with E-state index in [0.717, 1.165) is 30.4 Å². The van der Waals surface area contributed by atoms with Gasteiger partial charge in [0, 0.05) is 0 Å². The molecule has 0 saturated carbocycles. The van der Waals surface area contributed by atoms with Crippen molar-refractivity contribution in [3.8, 4) is 0 Å². The van der Waals surface area contributed by atoms with E-state index in [1.165, 1.54) is 41.5 Å². The van der Waals surface area contributed by atoms with Crippen molar-refractivity contribution in [3.63, 3.8) is 0 Å². The lowest BCUT2D eigenvalue weighted by atomic mass is 9.74. The normalized spacial score (nSPS) is 13.8. The Kier molecular flexibility index (Phi) is 11.9. The second-order valence-corrected chi connectivity index (χ2v) is 18.2. The number of rotatable bonds is 11. The lowest BCUT2D eigenvalue weighted by Gasteiger charge is -2.33. The average molecular weight is 586 g/mol. The minimum absolute atomic E-state index is 0.00228. The van der Waals surface area contributed by atoms with Gasteiger partial charge in [0.05, 0.1) is 0 Å². The van der Waals surface area contributed by atoms with Crippen molar-refractivity contribution >= 4 is 7.94 Å². The maximum absolute atomic E-state index is 11.4. The summed E-state index contributed by atoms with van der Waals surface area (Å²) in [5.41, 5.74) is 6.65. The molecule has 0 bridgehead atoms. The van der Waals surface area contributed by atoms with E-state index in [9.17, 15) is 9.79 Å². The van der Waals surface area contributed by atoms with Crippen molar-refractivity contribution in [1.82, 2.24) is 0 Å². The minimum Gasteiger partial charge on any atom is -0.193 e. The SMILES string of the molecule is CCCCCCCC[P+](O)(O)OC(c1ccc(C(C)(C)C)cc1C(C)(C)C)c1ccc(C(C)(C)C)cc1C(C)(C)C. The molecule has 0 aliphatic heterocycles. The first kappa shape index (κ1) is 35.9. The summed E-state index contributed by atoms with van der Waals surface area (Å²) < 4.78 is 6.58. The Labute approximate surface area is 254 Å². The molecule has 2 N–H and O–H groups in total. The molecule has 2 aromatic carbocycles. The van der Waals surface area contributed by atoms with Crippen LogP contribution in [0.15, 0.2) is 36.4 Å². The molecular formula is C37H62O3P+. The van der Waals surface area contributed by atoms with Crippen LogP contribution in [0.2, 0.25) is 0 Å². The zero-order chi connectivity index (χ0) is 31.4.